The number of nitrogens with zero attached hydrogens (tertiary/aromatic N) is 1. The van der Waals surface area contributed by atoms with E-state index in [9.17, 15) is 13.7 Å². The second-order valence-corrected chi connectivity index (χ2v) is 9.65. The molecular weight excluding hydrogens is 357 g/mol. The summed E-state index contributed by atoms with van der Waals surface area (Å²) in [5.74, 6) is -0.140. The zero-order chi connectivity index (χ0) is 19.5. The summed E-state index contributed by atoms with van der Waals surface area (Å²) < 4.78 is 33.8. The number of hydrogen-bond donors (Lipinski definition) is 2. The lowest BCUT2D eigenvalue weighted by atomic mass is 10.1. The lowest BCUT2D eigenvalue weighted by Crippen LogP contribution is -2.41. The Morgan fingerprint density at radius 1 is 1.54 bits per heavy atom. The van der Waals surface area contributed by atoms with Gasteiger partial charge in [-0.25, -0.2) is 9.18 Å². The summed E-state index contributed by atoms with van der Waals surface area (Å²) in [4.78, 5) is 12.9. The maximum atomic E-state index is 13.9. The van der Waals surface area contributed by atoms with Gasteiger partial charge in [-0.2, -0.15) is 0 Å². The number of amides is 1. The standard InChI is InChI=1S/C18H28FN3O3S/c1-12(21-26(24)18(2,3)4)15-9-14(19)5-6-16(15)22-8-7-13(10-22)11-25-17(20)23/h5-6,9,12-13,21H,7-8,10-11H2,1-4H3,(H2,20,23)/t12?,13-,26-/m1/s1. The van der Waals surface area contributed by atoms with Crippen LogP contribution in [0.15, 0.2) is 18.2 Å². The van der Waals surface area contributed by atoms with E-state index in [0.717, 1.165) is 24.2 Å². The van der Waals surface area contributed by atoms with Gasteiger partial charge in [0.15, 0.2) is 0 Å². The van der Waals surface area contributed by atoms with Gasteiger partial charge in [-0.1, -0.05) is 0 Å². The Labute approximate surface area is 157 Å². The number of nitrogens with two attached hydrogens (primary N) is 1. The predicted molar refractivity (Wildman–Crippen MR) is 102 cm³/mol. The van der Waals surface area contributed by atoms with Gasteiger partial charge in [0.1, 0.15) is 10.6 Å². The lowest BCUT2D eigenvalue weighted by Gasteiger charge is -2.29. The zero-order valence-corrected chi connectivity index (χ0v) is 16.6. The minimum absolute atomic E-state index is 0.187. The first-order chi connectivity index (χ1) is 12.1. The number of nitrogens with one attached hydrogen (secondary N) is 1. The van der Waals surface area contributed by atoms with E-state index in [1.54, 1.807) is 6.07 Å². The van der Waals surface area contributed by atoms with Crippen molar-refractivity contribution in [1.82, 2.24) is 4.72 Å². The van der Waals surface area contributed by atoms with Crippen LogP contribution in [0.5, 0.6) is 0 Å². The number of primary amides is 1. The van der Waals surface area contributed by atoms with Crippen LogP contribution in [0.4, 0.5) is 14.9 Å². The Morgan fingerprint density at radius 2 is 2.23 bits per heavy atom. The van der Waals surface area contributed by atoms with Crippen molar-refractivity contribution in [3.05, 3.63) is 29.6 Å². The minimum atomic E-state index is -1.26. The van der Waals surface area contributed by atoms with Gasteiger partial charge < -0.3 is 19.9 Å². The van der Waals surface area contributed by atoms with E-state index in [1.165, 1.54) is 12.1 Å². The van der Waals surface area contributed by atoms with Crippen molar-refractivity contribution in [2.24, 2.45) is 11.7 Å². The van der Waals surface area contributed by atoms with Crippen LogP contribution in [0.1, 0.15) is 45.7 Å². The fraction of sp³-hybridized carbons (Fsp3) is 0.611. The molecule has 3 atom stereocenters. The van der Waals surface area contributed by atoms with E-state index in [-0.39, 0.29) is 24.4 Å². The molecule has 8 heteroatoms. The molecule has 1 aliphatic rings. The molecule has 0 aliphatic carbocycles. The van der Waals surface area contributed by atoms with Crippen LogP contribution >= 0.6 is 0 Å². The number of hydrogen-bond acceptors (Lipinski definition) is 5. The molecule has 1 aromatic rings. The molecule has 26 heavy (non-hydrogen) atoms. The average Bonchev–Trinajstić information content (AvgIpc) is 3.00. The van der Waals surface area contributed by atoms with Crippen molar-refractivity contribution in [2.45, 2.75) is 44.9 Å². The third-order valence-electron chi connectivity index (χ3n) is 4.38. The molecular formula is C18H28FN3O3S. The lowest BCUT2D eigenvalue weighted by molar-refractivity contribution is 0.140. The molecule has 1 heterocycles. The highest BCUT2D eigenvalue weighted by molar-refractivity contribution is 7.90. The second-order valence-electron chi connectivity index (χ2n) is 7.65. The summed E-state index contributed by atoms with van der Waals surface area (Å²) in [6.07, 6.45) is 0.0909. The Kier molecular flexibility index (Phi) is 6.76. The fourth-order valence-corrected chi connectivity index (χ4v) is 3.75. The third kappa shape index (κ3) is 5.49. The van der Waals surface area contributed by atoms with Gasteiger partial charge in [0.2, 0.25) is 0 Å². The monoisotopic (exact) mass is 385 g/mol. The van der Waals surface area contributed by atoms with Crippen molar-refractivity contribution in [3.63, 3.8) is 0 Å². The van der Waals surface area contributed by atoms with Crippen LogP contribution in [0.3, 0.4) is 0 Å². The van der Waals surface area contributed by atoms with E-state index in [1.807, 2.05) is 27.7 Å². The van der Waals surface area contributed by atoms with Crippen LogP contribution in [-0.2, 0) is 16.1 Å². The normalized spacial score (nSPS) is 20.1. The minimum Gasteiger partial charge on any atom is -0.598 e. The van der Waals surface area contributed by atoms with Gasteiger partial charge in [-0.3, -0.25) is 0 Å². The molecule has 2 rings (SSSR count). The van der Waals surface area contributed by atoms with E-state index in [4.69, 9.17) is 10.5 Å². The van der Waals surface area contributed by atoms with E-state index < -0.39 is 22.2 Å². The number of carbonyl (C=O) groups excluding carboxylic acids is 1. The van der Waals surface area contributed by atoms with Gasteiger partial charge in [-0.15, -0.1) is 4.72 Å². The van der Waals surface area contributed by atoms with Crippen LogP contribution in [0, 0.1) is 11.7 Å². The van der Waals surface area contributed by atoms with Crippen molar-refractivity contribution >= 4 is 23.1 Å². The van der Waals surface area contributed by atoms with Crippen LogP contribution in [0.25, 0.3) is 0 Å². The molecule has 0 radical (unpaired) electrons. The summed E-state index contributed by atoms with van der Waals surface area (Å²) in [5.41, 5.74) is 6.69. The van der Waals surface area contributed by atoms with Gasteiger partial charge in [0.25, 0.3) is 0 Å². The summed E-state index contributed by atoms with van der Waals surface area (Å²) in [6.45, 7) is 9.30. The molecule has 1 aliphatic heterocycles. The Bertz CT molecular complexity index is 639. The number of anilines is 1. The van der Waals surface area contributed by atoms with Gasteiger partial charge in [-0.05, 0) is 57.9 Å². The van der Waals surface area contributed by atoms with Crippen molar-refractivity contribution in [1.29, 1.82) is 0 Å². The molecule has 1 saturated heterocycles. The Morgan fingerprint density at radius 3 is 2.85 bits per heavy atom. The second kappa shape index (κ2) is 8.45. The first-order valence-electron chi connectivity index (χ1n) is 8.72. The van der Waals surface area contributed by atoms with E-state index in [0.29, 0.717) is 6.54 Å². The van der Waals surface area contributed by atoms with Gasteiger partial charge >= 0.3 is 6.09 Å². The van der Waals surface area contributed by atoms with Gasteiger partial charge in [0.05, 0.1) is 12.6 Å². The molecule has 1 unspecified atom stereocenters. The molecule has 1 aromatic carbocycles. The molecule has 6 nitrogen and oxygen atoms in total. The summed E-state index contributed by atoms with van der Waals surface area (Å²) >= 11 is -1.26. The first kappa shape index (κ1) is 20.8. The molecule has 3 N–H and O–H groups in total. The first-order valence-corrected chi connectivity index (χ1v) is 9.87. The van der Waals surface area contributed by atoms with Gasteiger partial charge in [0, 0.05) is 36.1 Å². The predicted octanol–water partition coefficient (Wildman–Crippen LogP) is 2.86. The molecule has 1 fully saturated rings. The van der Waals surface area contributed by atoms with E-state index in [2.05, 4.69) is 9.62 Å². The summed E-state index contributed by atoms with van der Waals surface area (Å²) in [5, 5.41) is 0. The number of rotatable bonds is 6. The Balaban J connectivity index is 2.14. The van der Waals surface area contributed by atoms with Crippen molar-refractivity contribution in [2.75, 3.05) is 24.6 Å². The van der Waals surface area contributed by atoms with Crippen molar-refractivity contribution in [3.8, 4) is 0 Å². The number of ether oxygens (including phenoxy) is 1. The number of benzene rings is 1. The van der Waals surface area contributed by atoms with Crippen LogP contribution in [-0.4, -0.2) is 35.1 Å². The molecule has 0 saturated carbocycles. The SMILES string of the molecule is CC(N[S@+]([O-])C(C)(C)C)c1cc(F)ccc1N1CC[C@@H](COC(N)=O)C1. The summed E-state index contributed by atoms with van der Waals surface area (Å²) in [6, 6.07) is 4.39. The highest BCUT2D eigenvalue weighted by Gasteiger charge is 2.31. The third-order valence-corrected chi connectivity index (χ3v) is 6.06. The van der Waals surface area contributed by atoms with E-state index >= 15 is 0 Å². The molecule has 0 bridgehead atoms. The zero-order valence-electron chi connectivity index (χ0n) is 15.8. The highest BCUT2D eigenvalue weighted by Crippen LogP contribution is 2.32. The number of halogens is 1. The number of carbonyl (C=O) groups is 1. The average molecular weight is 386 g/mol. The highest BCUT2D eigenvalue weighted by atomic mass is 32.2. The molecule has 1 amide bonds. The molecule has 0 spiro atoms. The fourth-order valence-electron chi connectivity index (χ4n) is 2.95. The topological polar surface area (TPSA) is 90.7 Å². The van der Waals surface area contributed by atoms with Crippen LogP contribution < -0.4 is 15.4 Å². The maximum absolute atomic E-state index is 13.9. The molecule has 0 aromatic heterocycles. The smallest absolute Gasteiger partial charge is 0.404 e. The van der Waals surface area contributed by atoms with Crippen molar-refractivity contribution < 1.29 is 18.5 Å². The largest absolute Gasteiger partial charge is 0.598 e. The Hall–Kier alpha value is -1.51. The summed E-state index contributed by atoms with van der Waals surface area (Å²) in [7, 11) is 0. The van der Waals surface area contributed by atoms with Crippen LogP contribution in [0.2, 0.25) is 0 Å². The maximum Gasteiger partial charge on any atom is 0.404 e. The molecule has 146 valence electrons. The quantitative estimate of drug-likeness (QED) is 0.735.